The summed E-state index contributed by atoms with van der Waals surface area (Å²) in [6.45, 7) is 4.29. The van der Waals surface area contributed by atoms with Crippen LogP contribution in [0.15, 0.2) is 24.3 Å². The number of ether oxygens (including phenoxy) is 1. The zero-order valence-electron chi connectivity index (χ0n) is 9.92. The Morgan fingerprint density at radius 2 is 2.13 bits per heavy atom. The van der Waals surface area contributed by atoms with E-state index >= 15 is 0 Å². The summed E-state index contributed by atoms with van der Waals surface area (Å²) in [6, 6.07) is 6.27. The zero-order chi connectivity index (χ0) is 11.1. The number of methoxy groups -OCH3 is 1. The summed E-state index contributed by atoms with van der Waals surface area (Å²) in [6.07, 6.45) is 8.12. The molecule has 0 saturated heterocycles. The molecule has 0 spiro atoms. The van der Waals surface area contributed by atoms with E-state index in [1.54, 1.807) is 7.11 Å². The van der Waals surface area contributed by atoms with Gasteiger partial charge in [-0.05, 0) is 36.6 Å². The van der Waals surface area contributed by atoms with Crippen LogP contribution < -0.4 is 4.74 Å². The van der Waals surface area contributed by atoms with Crippen molar-refractivity contribution in [2.75, 3.05) is 7.11 Å². The van der Waals surface area contributed by atoms with Crippen molar-refractivity contribution >= 4 is 6.08 Å². The molecule has 0 radical (unpaired) electrons. The third kappa shape index (κ3) is 3.78. The van der Waals surface area contributed by atoms with Crippen molar-refractivity contribution in [3.63, 3.8) is 0 Å². The molecule has 0 unspecified atom stereocenters. The van der Waals surface area contributed by atoms with Crippen LogP contribution in [0.3, 0.4) is 0 Å². The lowest BCUT2D eigenvalue weighted by molar-refractivity contribution is 0.411. The third-order valence-corrected chi connectivity index (χ3v) is 2.45. The second kappa shape index (κ2) is 6.28. The highest BCUT2D eigenvalue weighted by atomic mass is 16.5. The average molecular weight is 204 g/mol. The van der Waals surface area contributed by atoms with Crippen LogP contribution in [0.1, 0.15) is 37.3 Å². The van der Waals surface area contributed by atoms with Gasteiger partial charge < -0.3 is 4.74 Å². The molecule has 0 aliphatic carbocycles. The number of hydrogen-bond acceptors (Lipinski definition) is 1. The molecule has 82 valence electrons. The van der Waals surface area contributed by atoms with Crippen LogP contribution in [0.5, 0.6) is 5.75 Å². The van der Waals surface area contributed by atoms with Crippen LogP contribution in [0, 0.1) is 6.92 Å². The summed E-state index contributed by atoms with van der Waals surface area (Å²) in [7, 11) is 1.71. The Kier molecular flexibility index (Phi) is 4.96. The molecule has 0 aromatic heterocycles. The molecule has 0 aliphatic heterocycles. The summed E-state index contributed by atoms with van der Waals surface area (Å²) in [5.74, 6) is 0.959. The Morgan fingerprint density at radius 1 is 1.33 bits per heavy atom. The SMILES string of the molecule is CCCC/C=C/c1ccc(OC)c(C)c1. The Balaban J connectivity index is 2.63. The standard InChI is InChI=1S/C14H20O/c1-4-5-6-7-8-13-9-10-14(15-3)12(2)11-13/h7-11H,4-6H2,1-3H3/b8-7+. The van der Waals surface area contributed by atoms with Crippen molar-refractivity contribution < 1.29 is 4.74 Å². The minimum Gasteiger partial charge on any atom is -0.496 e. The minimum absolute atomic E-state index is 0.959. The van der Waals surface area contributed by atoms with Gasteiger partial charge in [0.15, 0.2) is 0 Å². The van der Waals surface area contributed by atoms with Crippen molar-refractivity contribution in [1.29, 1.82) is 0 Å². The Labute approximate surface area is 92.8 Å². The van der Waals surface area contributed by atoms with Crippen molar-refractivity contribution in [2.45, 2.75) is 33.1 Å². The van der Waals surface area contributed by atoms with Crippen molar-refractivity contribution in [2.24, 2.45) is 0 Å². The van der Waals surface area contributed by atoms with Crippen molar-refractivity contribution in [3.05, 3.63) is 35.4 Å². The average Bonchev–Trinajstić information content (AvgIpc) is 2.25. The van der Waals surface area contributed by atoms with Crippen molar-refractivity contribution in [1.82, 2.24) is 0 Å². The van der Waals surface area contributed by atoms with Gasteiger partial charge in [0.1, 0.15) is 5.75 Å². The molecule has 0 N–H and O–H groups in total. The van der Waals surface area contributed by atoms with E-state index in [4.69, 9.17) is 4.74 Å². The van der Waals surface area contributed by atoms with Crippen LogP contribution in [0.25, 0.3) is 6.08 Å². The Bertz CT molecular complexity index is 326. The predicted octanol–water partition coefficient (Wildman–Crippen LogP) is 4.21. The molecular formula is C14H20O. The summed E-state index contributed by atoms with van der Waals surface area (Å²) in [5.41, 5.74) is 2.44. The van der Waals surface area contributed by atoms with Crippen molar-refractivity contribution in [3.8, 4) is 5.75 Å². The van der Waals surface area contributed by atoms with E-state index in [1.165, 1.54) is 30.4 Å². The molecule has 1 aromatic carbocycles. The first-order valence-corrected chi connectivity index (χ1v) is 5.59. The Morgan fingerprint density at radius 3 is 2.73 bits per heavy atom. The smallest absolute Gasteiger partial charge is 0.121 e. The molecule has 0 bridgehead atoms. The molecule has 1 nitrogen and oxygen atoms in total. The summed E-state index contributed by atoms with van der Waals surface area (Å²) in [5, 5.41) is 0. The van der Waals surface area contributed by atoms with Crippen LogP contribution in [0.2, 0.25) is 0 Å². The molecule has 1 heteroatoms. The highest BCUT2D eigenvalue weighted by molar-refractivity contribution is 5.53. The van der Waals surface area contributed by atoms with Gasteiger partial charge in [-0.25, -0.2) is 0 Å². The highest BCUT2D eigenvalue weighted by Crippen LogP contribution is 2.19. The maximum Gasteiger partial charge on any atom is 0.121 e. The predicted molar refractivity (Wildman–Crippen MR) is 66.3 cm³/mol. The lowest BCUT2D eigenvalue weighted by Crippen LogP contribution is -1.86. The number of allylic oxidation sites excluding steroid dienone is 1. The molecule has 0 amide bonds. The lowest BCUT2D eigenvalue weighted by atomic mass is 10.1. The molecule has 0 fully saturated rings. The number of rotatable bonds is 5. The topological polar surface area (TPSA) is 9.23 Å². The van der Waals surface area contributed by atoms with Crippen LogP contribution in [0.4, 0.5) is 0 Å². The first-order valence-electron chi connectivity index (χ1n) is 5.59. The third-order valence-electron chi connectivity index (χ3n) is 2.45. The summed E-state index contributed by atoms with van der Waals surface area (Å²) < 4.78 is 5.22. The fraction of sp³-hybridized carbons (Fsp3) is 0.429. The summed E-state index contributed by atoms with van der Waals surface area (Å²) in [4.78, 5) is 0. The van der Waals surface area contributed by atoms with Crippen LogP contribution in [-0.2, 0) is 0 Å². The monoisotopic (exact) mass is 204 g/mol. The van der Waals surface area contributed by atoms with E-state index in [0.717, 1.165) is 5.75 Å². The quantitative estimate of drug-likeness (QED) is 0.653. The number of aryl methyl sites for hydroxylation is 1. The fourth-order valence-corrected chi connectivity index (χ4v) is 1.55. The van der Waals surface area contributed by atoms with Crippen LogP contribution >= 0.6 is 0 Å². The fourth-order valence-electron chi connectivity index (χ4n) is 1.55. The van der Waals surface area contributed by atoms with Gasteiger partial charge in [0.25, 0.3) is 0 Å². The van der Waals surface area contributed by atoms with Gasteiger partial charge in [0.2, 0.25) is 0 Å². The van der Waals surface area contributed by atoms with E-state index < -0.39 is 0 Å². The molecule has 1 rings (SSSR count). The zero-order valence-corrected chi connectivity index (χ0v) is 9.92. The number of hydrogen-bond donors (Lipinski definition) is 0. The van der Waals surface area contributed by atoms with E-state index in [-0.39, 0.29) is 0 Å². The minimum atomic E-state index is 0.959. The largest absolute Gasteiger partial charge is 0.496 e. The van der Waals surface area contributed by atoms with E-state index in [0.29, 0.717) is 0 Å². The highest BCUT2D eigenvalue weighted by Gasteiger charge is 1.96. The van der Waals surface area contributed by atoms with Gasteiger partial charge in [0, 0.05) is 0 Å². The molecular weight excluding hydrogens is 184 g/mol. The second-order valence-corrected chi connectivity index (χ2v) is 3.77. The summed E-state index contributed by atoms with van der Waals surface area (Å²) >= 11 is 0. The van der Waals surface area contributed by atoms with Gasteiger partial charge in [0.05, 0.1) is 7.11 Å². The first kappa shape index (κ1) is 11.8. The van der Waals surface area contributed by atoms with E-state index in [9.17, 15) is 0 Å². The Hall–Kier alpha value is -1.24. The molecule has 0 heterocycles. The molecule has 0 aliphatic rings. The van der Waals surface area contributed by atoms with E-state index in [2.05, 4.69) is 38.1 Å². The molecule has 0 atom stereocenters. The number of unbranched alkanes of at least 4 members (excludes halogenated alkanes) is 2. The maximum absolute atomic E-state index is 5.22. The van der Waals surface area contributed by atoms with Gasteiger partial charge in [-0.1, -0.05) is 38.0 Å². The molecule has 0 saturated carbocycles. The van der Waals surface area contributed by atoms with Gasteiger partial charge in [-0.3, -0.25) is 0 Å². The normalized spacial score (nSPS) is 10.9. The van der Waals surface area contributed by atoms with Crippen LogP contribution in [-0.4, -0.2) is 7.11 Å². The molecule has 15 heavy (non-hydrogen) atoms. The van der Waals surface area contributed by atoms with E-state index in [1.807, 2.05) is 6.07 Å². The first-order chi connectivity index (χ1) is 7.27. The van der Waals surface area contributed by atoms with Gasteiger partial charge >= 0.3 is 0 Å². The van der Waals surface area contributed by atoms with Gasteiger partial charge in [-0.2, -0.15) is 0 Å². The number of benzene rings is 1. The lowest BCUT2D eigenvalue weighted by Gasteiger charge is -2.04. The second-order valence-electron chi connectivity index (χ2n) is 3.77. The molecule has 1 aromatic rings. The maximum atomic E-state index is 5.22. The van der Waals surface area contributed by atoms with Gasteiger partial charge in [-0.15, -0.1) is 0 Å².